The number of quaternary nitrogens is 1. The first kappa shape index (κ1) is 118. The third-order valence-electron chi connectivity index (χ3n) is 27.9. The molecule has 0 atom stereocenters. The Kier molecular flexibility index (Phi) is 49.7. The minimum Gasteiger partial charge on any atom is -1.00 e. The molecule has 3 saturated heterocycles. The van der Waals surface area contributed by atoms with Crippen LogP contribution in [-0.2, 0) is 57.3 Å². The molecule has 20 rings (SSSR count). The molecule has 4 aliphatic rings. The Hall–Kier alpha value is -8.10. The molecule has 9 N–H and O–H groups in total. The fourth-order valence-corrected chi connectivity index (χ4v) is 30.3. The molecule has 788 valence electrons. The number of hydrogen-bond donors (Lipinski definition) is 9. The van der Waals surface area contributed by atoms with E-state index in [0.29, 0.717) is 50.7 Å². The van der Waals surface area contributed by atoms with Crippen LogP contribution in [0.2, 0.25) is 0 Å². The average molecular weight is 2180 g/mol. The second-order valence-corrected chi connectivity index (χ2v) is 48.5. The molecular formula is C120H153BrN6O14S6+2. The molecule has 4 aromatic heterocycles. The summed E-state index contributed by atoms with van der Waals surface area (Å²) in [5.41, 5.74) is 9.62. The highest BCUT2D eigenvalue weighted by atomic mass is 79.9. The number of piperidine rings is 3. The van der Waals surface area contributed by atoms with E-state index in [1.165, 1.54) is 244 Å². The van der Waals surface area contributed by atoms with Crippen molar-refractivity contribution in [3.8, 4) is 19.6 Å². The van der Waals surface area contributed by atoms with Gasteiger partial charge in [-0.3, -0.25) is 15.0 Å². The van der Waals surface area contributed by atoms with Crippen molar-refractivity contribution in [1.82, 2.24) is 24.9 Å². The van der Waals surface area contributed by atoms with Gasteiger partial charge in [0.05, 0.1) is 40.4 Å². The third-order valence-corrected chi connectivity index (χ3v) is 38.3. The van der Waals surface area contributed by atoms with Crippen LogP contribution in [0.1, 0.15) is 122 Å². The van der Waals surface area contributed by atoms with Gasteiger partial charge in [0, 0.05) is 224 Å². The lowest BCUT2D eigenvalue weighted by Gasteiger charge is -2.39. The average Bonchev–Trinajstić information content (AvgIpc) is 1.60. The molecule has 7 heterocycles. The molecule has 1 aliphatic carbocycles. The van der Waals surface area contributed by atoms with Gasteiger partial charge in [0.2, 0.25) is 0 Å². The summed E-state index contributed by atoms with van der Waals surface area (Å²) >= 11 is 1.94. The van der Waals surface area contributed by atoms with E-state index in [9.17, 15) is 20.7 Å². The van der Waals surface area contributed by atoms with Crippen LogP contribution in [-0.4, -0.2) is 248 Å². The number of thiophene rings is 4. The fourth-order valence-electron chi connectivity index (χ4n) is 20.1. The maximum atomic E-state index is 9.43. The van der Waals surface area contributed by atoms with Gasteiger partial charge in [0.15, 0.2) is 57.2 Å². The molecular weight excluding hydrogens is 2020 g/mol. The summed E-state index contributed by atoms with van der Waals surface area (Å²) in [7, 11) is 11.1. The summed E-state index contributed by atoms with van der Waals surface area (Å²) in [5.74, 6) is 1.29. The molecule has 27 heteroatoms. The summed E-state index contributed by atoms with van der Waals surface area (Å²) in [6.45, 7) is 15.9. The van der Waals surface area contributed by atoms with Crippen molar-refractivity contribution in [2.75, 3.05) is 165 Å². The van der Waals surface area contributed by atoms with E-state index in [0.717, 1.165) is 88.9 Å². The molecule has 20 nitrogen and oxygen atoms in total. The highest BCUT2D eigenvalue weighted by Gasteiger charge is 2.32. The quantitative estimate of drug-likeness (QED) is 0.00462. The zero-order chi connectivity index (χ0) is 103. The first-order valence-electron chi connectivity index (χ1n) is 51.9. The van der Waals surface area contributed by atoms with E-state index in [4.69, 9.17) is 30.6 Å². The van der Waals surface area contributed by atoms with Crippen LogP contribution < -0.4 is 32.8 Å². The highest BCUT2D eigenvalue weighted by molar-refractivity contribution is 7.94. The fraction of sp³-hybridized carbons (Fsp3) is 0.400. The number of fused-ring (bicyclic) bond motifs is 12. The Morgan fingerprint density at radius 3 is 0.966 bits per heavy atom. The molecule has 0 amide bonds. The van der Waals surface area contributed by atoms with Crippen molar-refractivity contribution in [1.29, 1.82) is 0 Å². The van der Waals surface area contributed by atoms with E-state index >= 15 is 0 Å². The minimum atomic E-state index is -0.165. The number of benzene rings is 12. The first-order valence-corrected chi connectivity index (χ1v) is 58.6. The summed E-state index contributed by atoms with van der Waals surface area (Å²) in [4.78, 5) is 14.8. The molecule has 4 fully saturated rings. The molecule has 12 aromatic carbocycles. The number of nitrogens with zero attached hydrogens (tertiary/aromatic N) is 5. The molecule has 0 unspecified atom stereocenters. The van der Waals surface area contributed by atoms with Gasteiger partial charge >= 0.3 is 0 Å². The second-order valence-electron chi connectivity index (χ2n) is 39.1. The van der Waals surface area contributed by atoms with Crippen molar-refractivity contribution >= 4 is 147 Å². The van der Waals surface area contributed by atoms with Crippen molar-refractivity contribution in [2.24, 2.45) is 0 Å². The van der Waals surface area contributed by atoms with Crippen LogP contribution >= 0.6 is 66.0 Å². The monoisotopic (exact) mass is 2170 g/mol. The number of aliphatic hydroxyl groups excluding tert-OH is 8. The summed E-state index contributed by atoms with van der Waals surface area (Å²) in [6, 6.07) is 98.8. The molecule has 0 bridgehead atoms. The first-order chi connectivity index (χ1) is 71.3. The minimum absolute atomic E-state index is 0. The maximum absolute atomic E-state index is 9.43. The van der Waals surface area contributed by atoms with E-state index in [-0.39, 0.29) is 112 Å². The van der Waals surface area contributed by atoms with Crippen molar-refractivity contribution in [3.63, 3.8) is 0 Å². The molecule has 0 radical (unpaired) electrons. The van der Waals surface area contributed by atoms with Gasteiger partial charge in [-0.1, -0.05) is 158 Å². The van der Waals surface area contributed by atoms with Gasteiger partial charge in [0.1, 0.15) is 0 Å². The van der Waals surface area contributed by atoms with E-state index < -0.39 is 0 Å². The van der Waals surface area contributed by atoms with E-state index in [2.05, 4.69) is 355 Å². The van der Waals surface area contributed by atoms with Crippen LogP contribution in [0.3, 0.4) is 0 Å². The van der Waals surface area contributed by atoms with Crippen molar-refractivity contribution < 1.29 is 91.6 Å². The molecule has 1 saturated carbocycles. The van der Waals surface area contributed by atoms with Gasteiger partial charge in [-0.05, 0) is 310 Å². The van der Waals surface area contributed by atoms with Crippen molar-refractivity contribution in [3.05, 3.63) is 311 Å². The summed E-state index contributed by atoms with van der Waals surface area (Å²) < 4.78 is 20.5. The predicted molar refractivity (Wildman–Crippen MR) is 615 cm³/mol. The van der Waals surface area contributed by atoms with E-state index in [1.54, 1.807) is 0 Å². The lowest BCUT2D eigenvalue weighted by atomic mass is 9.96. The van der Waals surface area contributed by atoms with Crippen LogP contribution in [0.4, 0.5) is 0 Å². The molecule has 3 aliphatic heterocycles. The van der Waals surface area contributed by atoms with Gasteiger partial charge in [-0.25, -0.2) is 0 Å². The number of aliphatic hydroxyl groups is 8. The SMILES string of the molecule is CN1CCC(N2CCCCC2)CC1.CN1CCC([N+](C)(C)C)CC1.Cc1ccc2c(c1)c1cc(C)ccc1[s+]2-c1ccc(CCO)cc1.OCCc1ccc(-[s+]2c3ccc(CCO)cc3c3cc(CCO)ccc32)cc1.OCCc1ccc(-[s+]2c3ccccc3c3ccccc32)cc1.OCCc1ccc(-[s+]2c3ccccc3c3ccccc32)cc1.[Br-].[O-]OOSCCN(CCO)CCO.[O-]OOSCCNC1CCCCC1. The Morgan fingerprint density at radius 2 is 0.633 bits per heavy atom. The van der Waals surface area contributed by atoms with Crippen molar-refractivity contribution in [2.45, 2.75) is 148 Å². The largest absolute Gasteiger partial charge is 1.00 e. The lowest BCUT2D eigenvalue weighted by Crippen LogP contribution is -3.00. The topological polar surface area (TPSA) is 270 Å². The second kappa shape index (κ2) is 62.2. The molecule has 16 aromatic rings. The Morgan fingerprint density at radius 1 is 0.333 bits per heavy atom. The van der Waals surface area contributed by atoms with Crippen LogP contribution in [0.15, 0.2) is 267 Å². The zero-order valence-electron chi connectivity index (χ0n) is 86.6. The normalized spacial score (nSPS) is 14.5. The smallest absolute Gasteiger partial charge is 0.187 e. The van der Waals surface area contributed by atoms with Gasteiger partial charge < -0.3 is 92.8 Å². The summed E-state index contributed by atoms with van der Waals surface area (Å²) in [5, 5.41) is 112. The van der Waals surface area contributed by atoms with Crippen LogP contribution in [0, 0.1) is 13.8 Å². The van der Waals surface area contributed by atoms with E-state index in [1.807, 2.05) is 4.90 Å². The zero-order valence-corrected chi connectivity index (χ0v) is 93.1. The van der Waals surface area contributed by atoms with Crippen LogP contribution in [0.25, 0.3) is 100 Å². The van der Waals surface area contributed by atoms with Crippen LogP contribution in [0.5, 0.6) is 0 Å². The number of aryl methyl sites for hydroxylation is 2. The Balaban J connectivity index is 0.000000152. The number of hydrogen-bond acceptors (Lipinski definition) is 21. The predicted octanol–water partition coefficient (Wildman–Crippen LogP) is 19.0. The molecule has 0 spiro atoms. The summed E-state index contributed by atoms with van der Waals surface area (Å²) in [6.07, 6.45) is 20.6. The maximum Gasteiger partial charge on any atom is 0.187 e. The van der Waals surface area contributed by atoms with Gasteiger partial charge in [-0.15, -0.1) is 0 Å². The lowest BCUT2D eigenvalue weighted by molar-refractivity contribution is -0.897. The standard InChI is InChI=1S/C24H25O3S.C22H21OS.2C20H17OS.C11H22N2.C9H21N2.C8H17NO3S.C6H15NO5S.BrH/c25-12-9-17-1-5-20(6-2-17)28-23-7-3-18(10-13-26)15-21(23)22-16-19(11-14-27)4-8-24(22)28;1-15-3-9-21-19(13-15)20-14-16(2)4-10-22(20)24(21)18-7-5-17(6-8-18)11-12-23;2*21-14-13-15-9-11-16(12-10-15)22-19-7-3-1-5-17(19)18-6-2-4-8-20(18)22;1-12-9-5-11(6-10-12)13-7-3-2-4-8-13;1-10-7-5-9(6-8-10)11(2,3)4;10-11-12-13-7-6-9-8-4-2-1-3-5-8;8-4-1-7(2-5-9)3-6-13-12-11-10;/h1-8,15-16,25-27H,9-14H2;3-10,13-14,23H,11-12H2,1-2H3;2*1-12,21H,13-14H2;11H,2-10H2,1H3;9H,5-8H2,1-4H3;8-10H,1-7H2;8-10H,1-6H2;1H/q4*+1;;+1;;;/p-3. The van der Waals surface area contributed by atoms with Gasteiger partial charge in [0.25, 0.3) is 0 Å². The Bertz CT molecular complexity index is 6180. The van der Waals surface area contributed by atoms with Gasteiger partial charge in [-0.2, -0.15) is 8.67 Å². The Labute approximate surface area is 899 Å². The highest BCUT2D eigenvalue weighted by Crippen LogP contribution is 2.53. The number of halogens is 1. The number of nitrogens with one attached hydrogen (secondary N) is 1. The number of likely N-dealkylation sites (tertiary alicyclic amines) is 3. The number of rotatable bonds is 33. The molecule has 147 heavy (non-hydrogen) atoms. The third kappa shape index (κ3) is 33.7.